The topological polar surface area (TPSA) is 33.3 Å². The molecule has 3 nitrogen and oxygen atoms in total. The number of ether oxygens (including phenoxy) is 1. The summed E-state index contributed by atoms with van der Waals surface area (Å²) in [4.78, 5) is 0. The van der Waals surface area contributed by atoms with Crippen LogP contribution in [0.15, 0.2) is 24.3 Å². The zero-order chi connectivity index (χ0) is 16.3. The highest BCUT2D eigenvalue weighted by Crippen LogP contribution is 2.31. The van der Waals surface area contributed by atoms with Crippen molar-refractivity contribution >= 4 is 24.0 Å². The summed E-state index contributed by atoms with van der Waals surface area (Å²) in [6.45, 7) is 8.25. The molecule has 3 rings (SSSR count). The van der Waals surface area contributed by atoms with Crippen molar-refractivity contribution in [1.29, 1.82) is 0 Å². The van der Waals surface area contributed by atoms with Gasteiger partial charge in [0, 0.05) is 35.6 Å². The third-order valence-corrected chi connectivity index (χ3v) is 5.68. The van der Waals surface area contributed by atoms with Crippen molar-refractivity contribution in [3.05, 3.63) is 34.9 Å². The second-order valence-corrected chi connectivity index (χ2v) is 8.05. The second kappa shape index (κ2) is 8.86. The molecule has 3 unspecified atom stereocenters. The van der Waals surface area contributed by atoms with Gasteiger partial charge in [0.05, 0.1) is 13.2 Å². The van der Waals surface area contributed by atoms with Gasteiger partial charge in [-0.15, -0.1) is 12.4 Å². The number of rotatable bonds is 5. The molecule has 1 aliphatic heterocycles. The minimum atomic E-state index is 0. The molecule has 2 aliphatic rings. The summed E-state index contributed by atoms with van der Waals surface area (Å²) in [7, 11) is 0. The summed E-state index contributed by atoms with van der Waals surface area (Å²) in [6, 6.07) is 9.35. The van der Waals surface area contributed by atoms with Gasteiger partial charge in [-0.25, -0.2) is 0 Å². The van der Waals surface area contributed by atoms with Crippen LogP contribution in [0.1, 0.15) is 38.7 Å². The van der Waals surface area contributed by atoms with Crippen LogP contribution in [-0.4, -0.2) is 38.4 Å². The summed E-state index contributed by atoms with van der Waals surface area (Å²) in [5, 5.41) is 8.31. The number of morpholine rings is 1. The number of benzene rings is 1. The summed E-state index contributed by atoms with van der Waals surface area (Å²) in [5.74, 6) is 0.686. The summed E-state index contributed by atoms with van der Waals surface area (Å²) in [6.07, 6.45) is 3.89. The van der Waals surface area contributed by atoms with Gasteiger partial charge in [0.25, 0.3) is 0 Å². The van der Waals surface area contributed by atoms with E-state index in [0.717, 1.165) is 31.3 Å². The zero-order valence-corrected chi connectivity index (χ0v) is 16.3. The monoisotopic (exact) mass is 372 g/mol. The Hall–Kier alpha value is -0.320. The molecule has 2 N–H and O–H groups in total. The molecule has 0 aromatic heterocycles. The Morgan fingerprint density at radius 2 is 2.17 bits per heavy atom. The molecule has 0 radical (unpaired) electrons. The first kappa shape index (κ1) is 20.0. The summed E-state index contributed by atoms with van der Waals surface area (Å²) >= 11 is 6.16. The van der Waals surface area contributed by atoms with Crippen molar-refractivity contribution < 1.29 is 4.74 Å². The van der Waals surface area contributed by atoms with Gasteiger partial charge >= 0.3 is 0 Å². The highest BCUT2D eigenvalue weighted by Gasteiger charge is 2.35. The van der Waals surface area contributed by atoms with Gasteiger partial charge in [0.2, 0.25) is 0 Å². The first-order chi connectivity index (χ1) is 11.1. The quantitative estimate of drug-likeness (QED) is 0.824. The first-order valence-corrected chi connectivity index (χ1v) is 9.25. The lowest BCUT2D eigenvalue weighted by atomic mass is 9.84. The molecule has 0 bridgehead atoms. The summed E-state index contributed by atoms with van der Waals surface area (Å²) in [5.41, 5.74) is 1.38. The van der Waals surface area contributed by atoms with Crippen molar-refractivity contribution in [2.45, 2.75) is 50.6 Å². The van der Waals surface area contributed by atoms with E-state index in [9.17, 15) is 0 Å². The van der Waals surface area contributed by atoms with Crippen molar-refractivity contribution in [1.82, 2.24) is 10.6 Å². The Balaban J connectivity index is 0.00000208. The van der Waals surface area contributed by atoms with E-state index in [1.54, 1.807) is 0 Å². The van der Waals surface area contributed by atoms with E-state index < -0.39 is 0 Å². The maximum Gasteiger partial charge on any atom is 0.0623 e. The number of halogens is 2. The molecule has 1 aliphatic carbocycles. The van der Waals surface area contributed by atoms with E-state index in [-0.39, 0.29) is 17.8 Å². The first-order valence-electron chi connectivity index (χ1n) is 8.87. The molecular formula is C19H30Cl2N2O. The maximum absolute atomic E-state index is 6.16. The van der Waals surface area contributed by atoms with Gasteiger partial charge in [-0.05, 0) is 36.5 Å². The molecule has 3 atom stereocenters. The average molecular weight is 373 g/mol. The maximum atomic E-state index is 6.16. The fourth-order valence-electron chi connectivity index (χ4n) is 3.98. The van der Waals surface area contributed by atoms with Crippen molar-refractivity contribution in [3.63, 3.8) is 0 Å². The van der Waals surface area contributed by atoms with Gasteiger partial charge < -0.3 is 15.4 Å². The lowest BCUT2D eigenvalue weighted by Crippen LogP contribution is -2.52. The van der Waals surface area contributed by atoms with Crippen LogP contribution in [0.25, 0.3) is 0 Å². The van der Waals surface area contributed by atoms with E-state index in [0.29, 0.717) is 18.0 Å². The second-order valence-electron chi connectivity index (χ2n) is 7.61. The van der Waals surface area contributed by atoms with Gasteiger partial charge in [-0.2, -0.15) is 0 Å². The molecule has 1 aromatic carbocycles. The average Bonchev–Trinajstić information content (AvgIpc) is 3.02. The highest BCUT2D eigenvalue weighted by molar-refractivity contribution is 6.30. The smallest absolute Gasteiger partial charge is 0.0623 e. The van der Waals surface area contributed by atoms with Gasteiger partial charge in [-0.1, -0.05) is 44.0 Å². The van der Waals surface area contributed by atoms with Crippen LogP contribution < -0.4 is 10.6 Å². The number of nitrogens with one attached hydrogen (secondary N) is 2. The molecule has 1 heterocycles. The molecular weight excluding hydrogens is 343 g/mol. The van der Waals surface area contributed by atoms with Crippen LogP contribution in [0, 0.1) is 5.92 Å². The van der Waals surface area contributed by atoms with E-state index in [1.165, 1.54) is 24.8 Å². The Kier molecular flexibility index (Phi) is 7.39. The molecule has 136 valence electrons. The molecule has 5 heteroatoms. The third kappa shape index (κ3) is 4.86. The number of hydrogen-bond acceptors (Lipinski definition) is 3. The standard InChI is InChI=1S/C19H29ClN2O.ClH/c1-19(2,14-5-3-6-15(20)11-14)13-22-17-8-4-7-16(17)18-12-23-10-9-21-18;/h3,5-6,11,16-18,21-22H,4,7-10,12-13H2,1-2H3;1H. The fraction of sp³-hybridized carbons (Fsp3) is 0.684. The Labute approximate surface area is 157 Å². The van der Waals surface area contributed by atoms with E-state index in [1.807, 2.05) is 12.1 Å². The molecule has 2 fully saturated rings. The van der Waals surface area contributed by atoms with Gasteiger partial charge in [0.1, 0.15) is 0 Å². The SMILES string of the molecule is CC(C)(CNC1CCCC1C1COCCN1)c1cccc(Cl)c1.Cl. The predicted octanol–water partition coefficient (Wildman–Crippen LogP) is 3.79. The molecule has 1 saturated carbocycles. The van der Waals surface area contributed by atoms with Gasteiger partial charge in [0.15, 0.2) is 0 Å². The van der Waals surface area contributed by atoms with Crippen LogP contribution in [0.5, 0.6) is 0 Å². The normalized spacial score (nSPS) is 27.7. The zero-order valence-electron chi connectivity index (χ0n) is 14.7. The van der Waals surface area contributed by atoms with Crippen LogP contribution in [0.3, 0.4) is 0 Å². The van der Waals surface area contributed by atoms with Crippen molar-refractivity contribution in [3.8, 4) is 0 Å². The predicted molar refractivity (Wildman–Crippen MR) is 103 cm³/mol. The van der Waals surface area contributed by atoms with E-state index in [4.69, 9.17) is 16.3 Å². The minimum Gasteiger partial charge on any atom is -0.379 e. The molecule has 24 heavy (non-hydrogen) atoms. The Morgan fingerprint density at radius 3 is 2.88 bits per heavy atom. The van der Waals surface area contributed by atoms with Crippen LogP contribution in [-0.2, 0) is 10.2 Å². The fourth-order valence-corrected chi connectivity index (χ4v) is 4.17. The van der Waals surface area contributed by atoms with E-state index in [2.05, 4.69) is 36.6 Å². The molecule has 0 spiro atoms. The van der Waals surface area contributed by atoms with E-state index >= 15 is 0 Å². The lowest BCUT2D eigenvalue weighted by molar-refractivity contribution is 0.0522. The lowest BCUT2D eigenvalue weighted by Gasteiger charge is -2.35. The Bertz CT molecular complexity index is 518. The number of hydrogen-bond donors (Lipinski definition) is 2. The van der Waals surface area contributed by atoms with Crippen LogP contribution >= 0.6 is 24.0 Å². The van der Waals surface area contributed by atoms with Gasteiger partial charge in [-0.3, -0.25) is 0 Å². The largest absolute Gasteiger partial charge is 0.379 e. The molecule has 1 aromatic rings. The summed E-state index contributed by atoms with van der Waals surface area (Å²) < 4.78 is 5.67. The third-order valence-electron chi connectivity index (χ3n) is 5.45. The Morgan fingerprint density at radius 1 is 1.33 bits per heavy atom. The van der Waals surface area contributed by atoms with Crippen LogP contribution in [0.2, 0.25) is 5.02 Å². The molecule has 0 amide bonds. The molecule has 1 saturated heterocycles. The van der Waals surface area contributed by atoms with Crippen LogP contribution in [0.4, 0.5) is 0 Å². The van der Waals surface area contributed by atoms with Crippen molar-refractivity contribution in [2.24, 2.45) is 5.92 Å². The minimum absolute atomic E-state index is 0. The van der Waals surface area contributed by atoms with Crippen molar-refractivity contribution in [2.75, 3.05) is 26.3 Å². The highest BCUT2D eigenvalue weighted by atomic mass is 35.5.